The number of rotatable bonds is 7. The monoisotopic (exact) mass is 464 g/mol. The lowest BCUT2D eigenvalue weighted by atomic mass is 9.85. The topological polar surface area (TPSA) is 111 Å². The first kappa shape index (κ1) is 23.0. The second-order valence-corrected chi connectivity index (χ2v) is 7.91. The van der Waals surface area contributed by atoms with Gasteiger partial charge in [-0.2, -0.15) is 0 Å². The smallest absolute Gasteiger partial charge is 0.338 e. The van der Waals surface area contributed by atoms with E-state index in [9.17, 15) is 19.2 Å². The molecular formula is C25H24N2O7. The third kappa shape index (κ3) is 4.50. The summed E-state index contributed by atoms with van der Waals surface area (Å²) in [6.07, 6.45) is 4.96. The number of carbonyl (C=O) groups is 4. The van der Waals surface area contributed by atoms with Gasteiger partial charge in [-0.05, 0) is 49.2 Å². The molecule has 0 radical (unpaired) electrons. The standard InChI is InChI=1S/C25H24N2O7/c1-32-17-11-12-21(33-2)20(13-17)26-22(28)14-34-25(31)15-7-9-16(10-8-15)27-23(29)18-5-3-4-6-19(18)24(27)30/h3-4,7-13,18-19H,5-6,14H2,1-2H3,(H,26,28)/t18-,19-/m1/s1. The number of carbonyl (C=O) groups excluding carboxylic acids is 4. The molecule has 2 aliphatic rings. The summed E-state index contributed by atoms with van der Waals surface area (Å²) >= 11 is 0. The summed E-state index contributed by atoms with van der Waals surface area (Å²) in [4.78, 5) is 51.2. The summed E-state index contributed by atoms with van der Waals surface area (Å²) in [5.74, 6) is -1.42. The van der Waals surface area contributed by atoms with E-state index in [-0.39, 0.29) is 29.2 Å². The SMILES string of the molecule is COc1ccc(OC)c(NC(=O)COC(=O)c2ccc(N3C(=O)[C@@H]4CC=CC[C@H]4C3=O)cc2)c1. The van der Waals surface area contributed by atoms with Crippen LogP contribution in [0.15, 0.2) is 54.6 Å². The van der Waals surface area contributed by atoms with Crippen LogP contribution in [0.25, 0.3) is 0 Å². The molecule has 1 heterocycles. The molecular weight excluding hydrogens is 440 g/mol. The van der Waals surface area contributed by atoms with E-state index in [0.717, 1.165) is 0 Å². The van der Waals surface area contributed by atoms with Gasteiger partial charge in [0, 0.05) is 6.07 Å². The lowest BCUT2D eigenvalue weighted by molar-refractivity contribution is -0.122. The fourth-order valence-corrected chi connectivity index (χ4v) is 4.11. The Balaban J connectivity index is 1.36. The highest BCUT2D eigenvalue weighted by Gasteiger charge is 2.47. The predicted octanol–water partition coefficient (Wildman–Crippen LogP) is 2.95. The second kappa shape index (κ2) is 9.78. The maximum absolute atomic E-state index is 12.7. The highest BCUT2D eigenvalue weighted by Crippen LogP contribution is 2.37. The molecule has 1 N–H and O–H groups in total. The molecule has 2 aromatic carbocycles. The van der Waals surface area contributed by atoms with Gasteiger partial charge in [0.2, 0.25) is 11.8 Å². The number of nitrogens with one attached hydrogen (secondary N) is 1. The number of nitrogens with zero attached hydrogens (tertiary/aromatic N) is 1. The molecule has 34 heavy (non-hydrogen) atoms. The zero-order valence-electron chi connectivity index (χ0n) is 18.8. The van der Waals surface area contributed by atoms with Crippen LogP contribution in [0.1, 0.15) is 23.2 Å². The van der Waals surface area contributed by atoms with E-state index in [4.69, 9.17) is 14.2 Å². The molecule has 0 saturated carbocycles. The molecule has 9 heteroatoms. The highest BCUT2D eigenvalue weighted by atomic mass is 16.5. The molecule has 176 valence electrons. The molecule has 0 bridgehead atoms. The van der Waals surface area contributed by atoms with Gasteiger partial charge in [0.05, 0.1) is 43.0 Å². The van der Waals surface area contributed by atoms with Crippen molar-refractivity contribution in [2.24, 2.45) is 11.8 Å². The lowest BCUT2D eigenvalue weighted by Gasteiger charge is -2.15. The van der Waals surface area contributed by atoms with Crippen molar-refractivity contribution in [3.63, 3.8) is 0 Å². The Hall–Kier alpha value is -4.14. The van der Waals surface area contributed by atoms with E-state index in [1.54, 1.807) is 18.2 Å². The molecule has 1 saturated heterocycles. The van der Waals surface area contributed by atoms with Crippen molar-refractivity contribution in [1.29, 1.82) is 0 Å². The van der Waals surface area contributed by atoms with Crippen molar-refractivity contribution in [2.75, 3.05) is 31.0 Å². The van der Waals surface area contributed by atoms with Gasteiger partial charge >= 0.3 is 5.97 Å². The number of esters is 1. The molecule has 3 amide bonds. The maximum atomic E-state index is 12.7. The molecule has 1 aliphatic heterocycles. The first-order chi connectivity index (χ1) is 16.4. The third-order valence-corrected chi connectivity index (χ3v) is 5.88. The molecule has 2 atom stereocenters. The summed E-state index contributed by atoms with van der Waals surface area (Å²) in [7, 11) is 2.97. The van der Waals surface area contributed by atoms with Crippen molar-refractivity contribution < 1.29 is 33.4 Å². The van der Waals surface area contributed by atoms with Crippen LogP contribution in [0, 0.1) is 11.8 Å². The second-order valence-electron chi connectivity index (χ2n) is 7.91. The summed E-state index contributed by atoms with van der Waals surface area (Å²) < 4.78 is 15.4. The van der Waals surface area contributed by atoms with Crippen LogP contribution in [0.3, 0.4) is 0 Å². The van der Waals surface area contributed by atoms with Crippen LogP contribution in [-0.2, 0) is 19.1 Å². The van der Waals surface area contributed by atoms with Crippen molar-refractivity contribution in [1.82, 2.24) is 0 Å². The normalized spacial score (nSPS) is 18.9. The van der Waals surface area contributed by atoms with Gasteiger partial charge in [0.25, 0.3) is 5.91 Å². The van der Waals surface area contributed by atoms with Gasteiger partial charge in [0.15, 0.2) is 6.61 Å². The number of methoxy groups -OCH3 is 2. The molecule has 4 rings (SSSR count). The Labute approximate surface area is 196 Å². The molecule has 0 aromatic heterocycles. The molecule has 1 aliphatic carbocycles. The van der Waals surface area contributed by atoms with E-state index < -0.39 is 18.5 Å². The highest BCUT2D eigenvalue weighted by molar-refractivity contribution is 6.22. The average Bonchev–Trinajstić information content (AvgIpc) is 3.12. The fourth-order valence-electron chi connectivity index (χ4n) is 4.11. The van der Waals surface area contributed by atoms with Gasteiger partial charge in [-0.3, -0.25) is 19.3 Å². The number of allylic oxidation sites excluding steroid dienone is 2. The first-order valence-electron chi connectivity index (χ1n) is 10.7. The van der Waals surface area contributed by atoms with E-state index in [2.05, 4.69) is 5.32 Å². The van der Waals surface area contributed by atoms with Gasteiger partial charge in [0.1, 0.15) is 11.5 Å². The third-order valence-electron chi connectivity index (χ3n) is 5.88. The lowest BCUT2D eigenvalue weighted by Crippen LogP contribution is -2.30. The van der Waals surface area contributed by atoms with Crippen molar-refractivity contribution in [3.05, 3.63) is 60.2 Å². The fraction of sp³-hybridized carbons (Fsp3) is 0.280. The van der Waals surface area contributed by atoms with Crippen LogP contribution in [0.2, 0.25) is 0 Å². The summed E-state index contributed by atoms with van der Waals surface area (Å²) in [6, 6.07) is 10.9. The van der Waals surface area contributed by atoms with E-state index >= 15 is 0 Å². The van der Waals surface area contributed by atoms with Gasteiger partial charge < -0.3 is 19.5 Å². The number of anilines is 2. The average molecular weight is 464 g/mol. The Kier molecular flexibility index (Phi) is 6.62. The number of ether oxygens (including phenoxy) is 3. The molecule has 1 fully saturated rings. The van der Waals surface area contributed by atoms with Crippen LogP contribution in [0.4, 0.5) is 11.4 Å². The van der Waals surface area contributed by atoms with Crippen LogP contribution >= 0.6 is 0 Å². The molecule has 2 aromatic rings. The van der Waals surface area contributed by atoms with Crippen LogP contribution in [-0.4, -0.2) is 44.5 Å². The van der Waals surface area contributed by atoms with Crippen LogP contribution in [0.5, 0.6) is 11.5 Å². The number of amides is 3. The minimum atomic E-state index is -0.712. The summed E-state index contributed by atoms with van der Waals surface area (Å²) in [6.45, 7) is -0.513. The van der Waals surface area contributed by atoms with E-state index in [1.165, 1.54) is 43.4 Å². The maximum Gasteiger partial charge on any atom is 0.338 e. The Morgan fingerprint density at radius 1 is 0.941 bits per heavy atom. The molecule has 9 nitrogen and oxygen atoms in total. The van der Waals surface area contributed by atoms with Gasteiger partial charge in [-0.15, -0.1) is 0 Å². The van der Waals surface area contributed by atoms with E-state index in [0.29, 0.717) is 35.7 Å². The largest absolute Gasteiger partial charge is 0.497 e. The number of fused-ring (bicyclic) bond motifs is 1. The first-order valence-corrected chi connectivity index (χ1v) is 10.7. The van der Waals surface area contributed by atoms with E-state index in [1.807, 2.05) is 12.2 Å². The van der Waals surface area contributed by atoms with Gasteiger partial charge in [-0.1, -0.05) is 12.2 Å². The van der Waals surface area contributed by atoms with Crippen molar-refractivity contribution in [2.45, 2.75) is 12.8 Å². The molecule has 0 unspecified atom stereocenters. The van der Waals surface area contributed by atoms with Crippen molar-refractivity contribution >= 4 is 35.1 Å². The Morgan fingerprint density at radius 3 is 2.18 bits per heavy atom. The summed E-state index contributed by atoms with van der Waals surface area (Å²) in [5, 5.41) is 2.62. The summed E-state index contributed by atoms with van der Waals surface area (Å²) in [5.41, 5.74) is 0.973. The number of hydrogen-bond acceptors (Lipinski definition) is 7. The Bertz CT molecular complexity index is 1130. The predicted molar refractivity (Wildman–Crippen MR) is 123 cm³/mol. The molecule has 0 spiro atoms. The Morgan fingerprint density at radius 2 is 1.59 bits per heavy atom. The van der Waals surface area contributed by atoms with Gasteiger partial charge in [-0.25, -0.2) is 4.79 Å². The van der Waals surface area contributed by atoms with Crippen molar-refractivity contribution in [3.8, 4) is 11.5 Å². The minimum Gasteiger partial charge on any atom is -0.497 e. The quantitative estimate of drug-likeness (QED) is 0.381. The van der Waals surface area contributed by atoms with Crippen LogP contribution < -0.4 is 19.7 Å². The minimum absolute atomic E-state index is 0.189. The number of benzene rings is 2. The zero-order chi connectivity index (χ0) is 24.2. The number of imide groups is 1. The number of hydrogen-bond donors (Lipinski definition) is 1. The zero-order valence-corrected chi connectivity index (χ0v) is 18.8.